The molecule has 0 spiro atoms. The lowest BCUT2D eigenvalue weighted by atomic mass is 10.0. The molecule has 0 saturated carbocycles. The van der Waals surface area contributed by atoms with Crippen molar-refractivity contribution in [3.63, 3.8) is 0 Å². The van der Waals surface area contributed by atoms with Crippen molar-refractivity contribution in [2.75, 3.05) is 13.1 Å². The lowest BCUT2D eigenvalue weighted by Crippen LogP contribution is -2.37. The molecule has 19 heavy (non-hydrogen) atoms. The average molecular weight is 264 g/mol. The molecule has 2 unspecified atom stereocenters. The second-order valence-corrected chi connectivity index (χ2v) is 5.75. The highest BCUT2D eigenvalue weighted by Crippen LogP contribution is 2.12. The third kappa shape index (κ3) is 5.74. The Labute approximate surface area is 117 Å². The van der Waals surface area contributed by atoms with E-state index in [4.69, 9.17) is 0 Å². The molecule has 4 heteroatoms. The minimum absolute atomic E-state index is 0.610. The van der Waals surface area contributed by atoms with Crippen LogP contribution >= 0.6 is 0 Å². The van der Waals surface area contributed by atoms with Gasteiger partial charge >= 0.3 is 0 Å². The second kappa shape index (κ2) is 8.33. The van der Waals surface area contributed by atoms with Crippen LogP contribution in [0.25, 0.3) is 0 Å². The van der Waals surface area contributed by atoms with Gasteiger partial charge in [0.25, 0.3) is 0 Å². The van der Waals surface area contributed by atoms with Crippen LogP contribution in [0.1, 0.15) is 45.4 Å². The van der Waals surface area contributed by atoms with Crippen molar-refractivity contribution < 1.29 is 0 Å². The molecule has 0 amide bonds. The quantitative estimate of drug-likeness (QED) is 0.742. The van der Waals surface area contributed by atoms with Crippen molar-refractivity contribution >= 4 is 0 Å². The van der Waals surface area contributed by atoms with Crippen LogP contribution in [0.2, 0.25) is 0 Å². The Morgan fingerprint density at radius 2 is 2.37 bits per heavy atom. The van der Waals surface area contributed by atoms with Gasteiger partial charge in [0.1, 0.15) is 0 Å². The van der Waals surface area contributed by atoms with Crippen LogP contribution in [0, 0.1) is 0 Å². The Bertz CT molecular complexity index is 315. The second-order valence-electron chi connectivity index (χ2n) is 5.75. The maximum atomic E-state index is 4.06. The monoisotopic (exact) mass is 264 g/mol. The number of aromatic nitrogens is 2. The van der Waals surface area contributed by atoms with E-state index < -0.39 is 0 Å². The summed E-state index contributed by atoms with van der Waals surface area (Å²) in [5.41, 5.74) is 0. The first-order chi connectivity index (χ1) is 9.34. The van der Waals surface area contributed by atoms with Crippen LogP contribution in [0.15, 0.2) is 18.7 Å². The molecule has 0 radical (unpaired) electrons. The van der Waals surface area contributed by atoms with E-state index >= 15 is 0 Å². The molecule has 1 aliphatic heterocycles. The van der Waals surface area contributed by atoms with Gasteiger partial charge in [-0.1, -0.05) is 12.8 Å². The SMILES string of the molecule is CC(CC1CCCCCN1)NCCCn1ccnc1. The Balaban J connectivity index is 1.54. The Kier molecular flexibility index (Phi) is 6.37. The zero-order valence-corrected chi connectivity index (χ0v) is 12.1. The molecular weight excluding hydrogens is 236 g/mol. The Morgan fingerprint density at radius 1 is 1.42 bits per heavy atom. The molecular formula is C15H28N4. The maximum absolute atomic E-state index is 4.06. The highest BCUT2D eigenvalue weighted by molar-refractivity contribution is 4.77. The summed E-state index contributed by atoms with van der Waals surface area (Å²) in [7, 11) is 0. The first-order valence-corrected chi connectivity index (χ1v) is 7.77. The molecule has 108 valence electrons. The van der Waals surface area contributed by atoms with Gasteiger partial charge in [-0.05, 0) is 45.7 Å². The van der Waals surface area contributed by atoms with E-state index in [-0.39, 0.29) is 0 Å². The summed E-state index contributed by atoms with van der Waals surface area (Å²) in [5.74, 6) is 0. The van der Waals surface area contributed by atoms with Crippen LogP contribution in [0.5, 0.6) is 0 Å². The van der Waals surface area contributed by atoms with Gasteiger partial charge in [0.05, 0.1) is 6.33 Å². The minimum atomic E-state index is 0.610. The van der Waals surface area contributed by atoms with Crippen molar-refractivity contribution in [1.82, 2.24) is 20.2 Å². The van der Waals surface area contributed by atoms with E-state index in [0.717, 1.165) is 19.1 Å². The van der Waals surface area contributed by atoms with Crippen LogP contribution < -0.4 is 10.6 Å². The predicted molar refractivity (Wildman–Crippen MR) is 79.2 cm³/mol. The number of nitrogens with zero attached hydrogens (tertiary/aromatic N) is 2. The summed E-state index contributed by atoms with van der Waals surface area (Å²) < 4.78 is 2.14. The number of hydrogen-bond acceptors (Lipinski definition) is 3. The molecule has 2 heterocycles. The number of aryl methyl sites for hydroxylation is 1. The van der Waals surface area contributed by atoms with E-state index in [0.29, 0.717) is 6.04 Å². The summed E-state index contributed by atoms with van der Waals surface area (Å²) in [4.78, 5) is 4.06. The Hall–Kier alpha value is -0.870. The van der Waals surface area contributed by atoms with Crippen molar-refractivity contribution in [3.05, 3.63) is 18.7 Å². The summed E-state index contributed by atoms with van der Waals surface area (Å²) in [5, 5.41) is 7.31. The molecule has 0 aliphatic carbocycles. The molecule has 1 fully saturated rings. The smallest absolute Gasteiger partial charge is 0.0945 e. The van der Waals surface area contributed by atoms with Gasteiger partial charge in [-0.15, -0.1) is 0 Å². The van der Waals surface area contributed by atoms with E-state index in [2.05, 4.69) is 27.1 Å². The number of nitrogens with one attached hydrogen (secondary N) is 2. The molecule has 1 aromatic heterocycles. The van der Waals surface area contributed by atoms with Gasteiger partial charge in [0.15, 0.2) is 0 Å². The molecule has 0 bridgehead atoms. The molecule has 1 saturated heterocycles. The van der Waals surface area contributed by atoms with Crippen LogP contribution in [0.4, 0.5) is 0 Å². The lowest BCUT2D eigenvalue weighted by molar-refractivity contribution is 0.398. The standard InChI is InChI=1S/C15H28N4/c1-14(12-15-6-3-2-4-7-18-15)17-8-5-10-19-11-9-16-13-19/h9,11,13-15,17-18H,2-8,10,12H2,1H3. The van der Waals surface area contributed by atoms with E-state index in [1.165, 1.54) is 45.1 Å². The third-order valence-corrected chi connectivity index (χ3v) is 3.95. The molecule has 4 nitrogen and oxygen atoms in total. The predicted octanol–water partition coefficient (Wildman–Crippen LogP) is 2.17. The average Bonchev–Trinajstić information content (AvgIpc) is 2.79. The molecule has 2 atom stereocenters. The highest BCUT2D eigenvalue weighted by Gasteiger charge is 2.14. The van der Waals surface area contributed by atoms with Crippen molar-refractivity contribution in [3.8, 4) is 0 Å². The van der Waals surface area contributed by atoms with Crippen molar-refractivity contribution in [1.29, 1.82) is 0 Å². The van der Waals surface area contributed by atoms with Gasteiger partial charge in [-0.3, -0.25) is 0 Å². The van der Waals surface area contributed by atoms with Crippen molar-refractivity contribution in [2.45, 2.75) is 64.1 Å². The first kappa shape index (κ1) is 14.5. The fourth-order valence-electron chi connectivity index (χ4n) is 2.84. The van der Waals surface area contributed by atoms with Crippen LogP contribution in [-0.4, -0.2) is 34.7 Å². The highest BCUT2D eigenvalue weighted by atomic mass is 15.0. The maximum Gasteiger partial charge on any atom is 0.0945 e. The van der Waals surface area contributed by atoms with Gasteiger partial charge < -0.3 is 15.2 Å². The Morgan fingerprint density at radius 3 is 3.21 bits per heavy atom. The topological polar surface area (TPSA) is 41.9 Å². The molecule has 1 aromatic rings. The summed E-state index contributed by atoms with van der Waals surface area (Å²) in [6, 6.07) is 1.33. The third-order valence-electron chi connectivity index (χ3n) is 3.95. The first-order valence-electron chi connectivity index (χ1n) is 7.77. The molecule has 2 rings (SSSR count). The lowest BCUT2D eigenvalue weighted by Gasteiger charge is -2.21. The summed E-state index contributed by atoms with van der Waals surface area (Å²) >= 11 is 0. The fourth-order valence-corrected chi connectivity index (χ4v) is 2.84. The zero-order chi connectivity index (χ0) is 13.3. The minimum Gasteiger partial charge on any atom is -0.337 e. The van der Waals surface area contributed by atoms with Crippen molar-refractivity contribution in [2.24, 2.45) is 0 Å². The number of hydrogen-bond donors (Lipinski definition) is 2. The van der Waals surface area contributed by atoms with Crippen LogP contribution in [-0.2, 0) is 6.54 Å². The van der Waals surface area contributed by atoms with E-state index in [9.17, 15) is 0 Å². The van der Waals surface area contributed by atoms with Gasteiger partial charge in [0, 0.05) is 31.0 Å². The largest absolute Gasteiger partial charge is 0.337 e. The summed E-state index contributed by atoms with van der Waals surface area (Å²) in [6.45, 7) is 5.66. The number of imidazole rings is 1. The van der Waals surface area contributed by atoms with Gasteiger partial charge in [0.2, 0.25) is 0 Å². The number of rotatable bonds is 7. The van der Waals surface area contributed by atoms with E-state index in [1.54, 1.807) is 0 Å². The zero-order valence-electron chi connectivity index (χ0n) is 12.1. The van der Waals surface area contributed by atoms with E-state index in [1.807, 2.05) is 18.7 Å². The molecule has 1 aliphatic rings. The summed E-state index contributed by atoms with van der Waals surface area (Å²) in [6.07, 6.45) is 13.7. The van der Waals surface area contributed by atoms with Gasteiger partial charge in [-0.25, -0.2) is 4.98 Å². The fraction of sp³-hybridized carbons (Fsp3) is 0.800. The molecule has 2 N–H and O–H groups in total. The van der Waals surface area contributed by atoms with Crippen LogP contribution in [0.3, 0.4) is 0 Å². The van der Waals surface area contributed by atoms with Gasteiger partial charge in [-0.2, -0.15) is 0 Å². The molecule has 0 aromatic carbocycles. The normalized spacial score (nSPS) is 22.1.